The number of amides is 1. The molecule has 3 heterocycles. The third kappa shape index (κ3) is 4.00. The number of rotatable bonds is 5. The van der Waals surface area contributed by atoms with Crippen molar-refractivity contribution in [1.82, 2.24) is 19.6 Å². The van der Waals surface area contributed by atoms with Crippen LogP contribution in [0.1, 0.15) is 28.3 Å². The number of fused-ring (bicyclic) bond motifs is 1. The van der Waals surface area contributed by atoms with E-state index in [0.29, 0.717) is 19.6 Å². The fourth-order valence-electron chi connectivity index (χ4n) is 4.53. The van der Waals surface area contributed by atoms with E-state index >= 15 is 0 Å². The lowest BCUT2D eigenvalue weighted by Crippen LogP contribution is -2.51. The summed E-state index contributed by atoms with van der Waals surface area (Å²) in [7, 11) is 5.93. The summed E-state index contributed by atoms with van der Waals surface area (Å²) in [5.41, 5.74) is 5.07. The van der Waals surface area contributed by atoms with E-state index < -0.39 is 0 Å². The molecule has 0 aliphatic carbocycles. The van der Waals surface area contributed by atoms with Crippen LogP contribution in [0.2, 0.25) is 0 Å². The van der Waals surface area contributed by atoms with Gasteiger partial charge in [-0.3, -0.25) is 9.48 Å². The number of furan rings is 1. The van der Waals surface area contributed by atoms with E-state index in [1.807, 2.05) is 44.5 Å². The first kappa shape index (κ1) is 20.6. The van der Waals surface area contributed by atoms with Crippen LogP contribution in [0.15, 0.2) is 35.2 Å². The molecule has 4 rings (SSSR count). The lowest BCUT2D eigenvalue weighted by Gasteiger charge is -2.42. The van der Waals surface area contributed by atoms with Gasteiger partial charge < -0.3 is 19.0 Å². The average Bonchev–Trinajstić information content (AvgIpc) is 3.27. The van der Waals surface area contributed by atoms with Gasteiger partial charge in [0.15, 0.2) is 0 Å². The molecule has 0 spiro atoms. The standard InChI is InChI=1S/C23H30N4O3/c1-15-8-16(2)22-17(14-30-19(22)9-15)10-21(28)27-6-7-29-20(13-25(3)4)23(27)18-11-24-26(5)12-18/h8-9,11-12,14,20,23H,6-7,10,13H2,1-5H3. The second-order valence-electron chi connectivity index (χ2n) is 8.54. The van der Waals surface area contributed by atoms with E-state index in [-0.39, 0.29) is 18.1 Å². The lowest BCUT2D eigenvalue weighted by molar-refractivity contribution is -0.147. The van der Waals surface area contributed by atoms with Crippen molar-refractivity contribution in [3.8, 4) is 0 Å². The maximum absolute atomic E-state index is 13.5. The molecule has 1 fully saturated rings. The molecular formula is C23H30N4O3. The molecule has 0 radical (unpaired) electrons. The third-order valence-corrected chi connectivity index (χ3v) is 5.72. The number of benzene rings is 1. The average molecular weight is 411 g/mol. The number of nitrogens with zero attached hydrogens (tertiary/aromatic N) is 4. The SMILES string of the molecule is Cc1cc(C)c2c(CC(=O)N3CCOC(CN(C)C)C3c3cnn(C)c3)coc2c1. The molecule has 1 aromatic carbocycles. The minimum Gasteiger partial charge on any atom is -0.464 e. The topological polar surface area (TPSA) is 63.7 Å². The fourth-order valence-corrected chi connectivity index (χ4v) is 4.53. The van der Waals surface area contributed by atoms with Crippen LogP contribution in [0, 0.1) is 13.8 Å². The van der Waals surface area contributed by atoms with E-state index in [4.69, 9.17) is 9.15 Å². The second-order valence-corrected chi connectivity index (χ2v) is 8.54. The number of carbonyl (C=O) groups is 1. The number of carbonyl (C=O) groups excluding carboxylic acids is 1. The summed E-state index contributed by atoms with van der Waals surface area (Å²) < 4.78 is 13.6. The quantitative estimate of drug-likeness (QED) is 0.647. The number of likely N-dealkylation sites (N-methyl/N-ethyl adjacent to an activating group) is 1. The van der Waals surface area contributed by atoms with Gasteiger partial charge >= 0.3 is 0 Å². The van der Waals surface area contributed by atoms with E-state index in [2.05, 4.69) is 29.9 Å². The van der Waals surface area contributed by atoms with Gasteiger partial charge in [-0.05, 0) is 45.1 Å². The second kappa shape index (κ2) is 8.24. The van der Waals surface area contributed by atoms with Gasteiger partial charge in [0.1, 0.15) is 5.58 Å². The molecule has 30 heavy (non-hydrogen) atoms. The smallest absolute Gasteiger partial charge is 0.227 e. The maximum Gasteiger partial charge on any atom is 0.227 e. The molecule has 0 bridgehead atoms. The third-order valence-electron chi connectivity index (χ3n) is 5.72. The highest BCUT2D eigenvalue weighted by molar-refractivity contribution is 5.90. The number of morpholine rings is 1. The van der Waals surface area contributed by atoms with Crippen molar-refractivity contribution in [2.75, 3.05) is 33.8 Å². The highest BCUT2D eigenvalue weighted by atomic mass is 16.5. The zero-order valence-electron chi connectivity index (χ0n) is 18.4. The Kier molecular flexibility index (Phi) is 5.66. The van der Waals surface area contributed by atoms with E-state index in [1.165, 1.54) is 0 Å². The van der Waals surface area contributed by atoms with Crippen LogP contribution >= 0.6 is 0 Å². The van der Waals surface area contributed by atoms with Gasteiger partial charge in [-0.1, -0.05) is 6.07 Å². The molecule has 1 amide bonds. The first-order valence-corrected chi connectivity index (χ1v) is 10.3. The molecule has 2 aromatic heterocycles. The molecule has 3 aromatic rings. The molecule has 0 N–H and O–H groups in total. The lowest BCUT2D eigenvalue weighted by atomic mass is 9.98. The van der Waals surface area contributed by atoms with E-state index in [0.717, 1.165) is 39.8 Å². The van der Waals surface area contributed by atoms with Crippen molar-refractivity contribution in [1.29, 1.82) is 0 Å². The van der Waals surface area contributed by atoms with Gasteiger partial charge in [0.25, 0.3) is 0 Å². The summed E-state index contributed by atoms with van der Waals surface area (Å²) in [5, 5.41) is 5.38. The van der Waals surface area contributed by atoms with Crippen LogP contribution in [-0.4, -0.2) is 65.4 Å². The number of hydrogen-bond acceptors (Lipinski definition) is 5. The molecule has 7 nitrogen and oxygen atoms in total. The van der Waals surface area contributed by atoms with Gasteiger partial charge in [-0.25, -0.2) is 0 Å². The molecule has 1 aliphatic heterocycles. The molecule has 2 unspecified atom stereocenters. The Hall–Kier alpha value is -2.64. The van der Waals surface area contributed by atoms with Gasteiger partial charge in [-0.15, -0.1) is 0 Å². The van der Waals surface area contributed by atoms with Crippen molar-refractivity contribution >= 4 is 16.9 Å². The zero-order chi connectivity index (χ0) is 21.4. The highest BCUT2D eigenvalue weighted by Crippen LogP contribution is 2.32. The largest absolute Gasteiger partial charge is 0.464 e. The molecule has 160 valence electrons. The number of ether oxygens (including phenoxy) is 1. The van der Waals surface area contributed by atoms with Crippen molar-refractivity contribution in [3.63, 3.8) is 0 Å². The molecule has 7 heteroatoms. The van der Waals surface area contributed by atoms with Gasteiger partial charge in [-0.2, -0.15) is 5.10 Å². The Balaban J connectivity index is 1.64. The Morgan fingerprint density at radius 2 is 2.10 bits per heavy atom. The summed E-state index contributed by atoms with van der Waals surface area (Å²) >= 11 is 0. The molecule has 0 saturated carbocycles. The summed E-state index contributed by atoms with van der Waals surface area (Å²) in [4.78, 5) is 17.5. The highest BCUT2D eigenvalue weighted by Gasteiger charge is 2.37. The van der Waals surface area contributed by atoms with Crippen LogP contribution in [0.4, 0.5) is 0 Å². The summed E-state index contributed by atoms with van der Waals surface area (Å²) in [6.07, 6.45) is 5.74. The van der Waals surface area contributed by atoms with Crippen LogP contribution in [0.5, 0.6) is 0 Å². The number of aromatic nitrogens is 2. The van der Waals surface area contributed by atoms with Crippen LogP contribution in [0.3, 0.4) is 0 Å². The normalized spacial score (nSPS) is 19.7. The number of aryl methyl sites for hydroxylation is 3. The zero-order valence-corrected chi connectivity index (χ0v) is 18.4. The van der Waals surface area contributed by atoms with E-state index in [1.54, 1.807) is 10.9 Å². The monoisotopic (exact) mass is 410 g/mol. The fraction of sp³-hybridized carbons (Fsp3) is 0.478. The Morgan fingerprint density at radius 1 is 1.30 bits per heavy atom. The summed E-state index contributed by atoms with van der Waals surface area (Å²) in [6, 6.07) is 3.99. The first-order valence-electron chi connectivity index (χ1n) is 10.3. The van der Waals surface area contributed by atoms with Crippen LogP contribution in [-0.2, 0) is 23.0 Å². The minimum atomic E-state index is -0.163. The number of hydrogen-bond donors (Lipinski definition) is 0. The van der Waals surface area contributed by atoms with Crippen molar-refractivity contribution in [2.45, 2.75) is 32.4 Å². The van der Waals surface area contributed by atoms with Crippen LogP contribution in [0.25, 0.3) is 11.0 Å². The Bertz CT molecular complexity index is 1050. The van der Waals surface area contributed by atoms with Crippen molar-refractivity contribution in [2.24, 2.45) is 7.05 Å². The van der Waals surface area contributed by atoms with Gasteiger partial charge in [0.2, 0.25) is 5.91 Å². The van der Waals surface area contributed by atoms with E-state index in [9.17, 15) is 4.79 Å². The van der Waals surface area contributed by atoms with Crippen molar-refractivity contribution in [3.05, 3.63) is 53.0 Å². The van der Waals surface area contributed by atoms with Gasteiger partial charge in [0.05, 0.1) is 37.6 Å². The van der Waals surface area contributed by atoms with Crippen LogP contribution < -0.4 is 0 Å². The summed E-state index contributed by atoms with van der Waals surface area (Å²) in [6.45, 7) is 5.95. The minimum absolute atomic E-state index is 0.0820. The molecular weight excluding hydrogens is 380 g/mol. The molecule has 1 aliphatic rings. The molecule has 1 saturated heterocycles. The van der Waals surface area contributed by atoms with Crippen molar-refractivity contribution < 1.29 is 13.9 Å². The predicted octanol–water partition coefficient (Wildman–Crippen LogP) is 2.86. The Morgan fingerprint density at radius 3 is 2.80 bits per heavy atom. The maximum atomic E-state index is 13.5. The molecule has 2 atom stereocenters. The van der Waals surface area contributed by atoms with Gasteiger partial charge in [0, 0.05) is 42.8 Å². The Labute approximate surface area is 177 Å². The first-order chi connectivity index (χ1) is 14.3. The predicted molar refractivity (Wildman–Crippen MR) is 115 cm³/mol. The summed E-state index contributed by atoms with van der Waals surface area (Å²) in [5.74, 6) is 0.0820.